The molecule has 29 heavy (non-hydrogen) atoms. The maximum Gasteiger partial charge on any atom is 0.407 e. The number of nitrogens with one attached hydrogen (secondary N) is 1. The normalized spacial score (nSPS) is 13.7. The van der Waals surface area contributed by atoms with Gasteiger partial charge in [0.1, 0.15) is 17.0 Å². The Morgan fingerprint density at radius 3 is 2.55 bits per heavy atom. The van der Waals surface area contributed by atoms with Crippen molar-refractivity contribution in [3.05, 3.63) is 52.4 Å². The molecule has 0 bridgehead atoms. The molecule has 1 aromatic heterocycles. The Kier molecular flexibility index (Phi) is 7.21. The van der Waals surface area contributed by atoms with Crippen LogP contribution in [0.4, 0.5) is 9.18 Å². The quantitative estimate of drug-likeness (QED) is 0.657. The summed E-state index contributed by atoms with van der Waals surface area (Å²) < 4.78 is 18.7. The zero-order valence-corrected chi connectivity index (χ0v) is 17.8. The minimum atomic E-state index is -1.34. The molecule has 6 nitrogen and oxygen atoms in total. The highest BCUT2D eigenvalue weighted by Gasteiger charge is 2.24. The van der Waals surface area contributed by atoms with E-state index in [0.29, 0.717) is 29.9 Å². The van der Waals surface area contributed by atoms with E-state index in [0.717, 1.165) is 5.56 Å². The molecule has 4 N–H and O–H groups in total. The van der Waals surface area contributed by atoms with Crippen molar-refractivity contribution in [2.75, 3.05) is 13.1 Å². The molecule has 1 aromatic carbocycles. The van der Waals surface area contributed by atoms with Crippen LogP contribution < -0.4 is 11.1 Å². The summed E-state index contributed by atoms with van der Waals surface area (Å²) >= 11 is 5.90. The van der Waals surface area contributed by atoms with E-state index in [1.54, 1.807) is 45.9 Å². The molecule has 1 atom stereocenters. The molecule has 0 fully saturated rings. The monoisotopic (exact) mass is 423 g/mol. The van der Waals surface area contributed by atoms with Crippen LogP contribution in [-0.2, 0) is 16.8 Å². The Labute approximate surface area is 175 Å². The maximum atomic E-state index is 13.5. The number of hydrogen-bond donors (Lipinski definition) is 3. The molecule has 0 saturated heterocycles. The molecule has 1 amide bonds. The van der Waals surface area contributed by atoms with Crippen LogP contribution in [0.2, 0.25) is 5.02 Å². The van der Waals surface area contributed by atoms with Gasteiger partial charge in [-0.05, 0) is 70.0 Å². The van der Waals surface area contributed by atoms with Crippen molar-refractivity contribution in [1.29, 1.82) is 0 Å². The van der Waals surface area contributed by atoms with Gasteiger partial charge in [-0.3, -0.25) is 0 Å². The Balaban J connectivity index is 2.28. The third-order valence-corrected chi connectivity index (χ3v) is 4.42. The van der Waals surface area contributed by atoms with Crippen molar-refractivity contribution >= 4 is 17.7 Å². The second-order valence-corrected chi connectivity index (χ2v) is 8.44. The second kappa shape index (κ2) is 9.07. The molecule has 0 aliphatic heterocycles. The van der Waals surface area contributed by atoms with Crippen molar-refractivity contribution in [3.8, 4) is 11.3 Å². The van der Waals surface area contributed by atoms with Crippen LogP contribution in [0.5, 0.6) is 0 Å². The van der Waals surface area contributed by atoms with Crippen molar-refractivity contribution in [1.82, 2.24) is 10.3 Å². The molecular weight excluding hydrogens is 397 g/mol. The van der Waals surface area contributed by atoms with Crippen LogP contribution in [-0.4, -0.2) is 34.9 Å². The number of hydrogen-bond acceptors (Lipinski definition) is 5. The molecule has 8 heteroatoms. The maximum absolute atomic E-state index is 13.5. The minimum Gasteiger partial charge on any atom is -0.444 e. The molecule has 158 valence electrons. The van der Waals surface area contributed by atoms with Gasteiger partial charge in [0, 0.05) is 18.7 Å². The average Bonchev–Trinajstić information content (AvgIpc) is 2.62. The molecule has 0 saturated carbocycles. The fourth-order valence-corrected chi connectivity index (χ4v) is 2.72. The lowest BCUT2D eigenvalue weighted by Gasteiger charge is -2.22. The third kappa shape index (κ3) is 6.66. The van der Waals surface area contributed by atoms with Crippen LogP contribution in [0.1, 0.15) is 39.0 Å². The van der Waals surface area contributed by atoms with Gasteiger partial charge in [-0.2, -0.15) is 0 Å². The highest BCUT2D eigenvalue weighted by molar-refractivity contribution is 6.31. The molecule has 2 rings (SSSR count). The number of nitrogens with two attached hydrogens (primary N) is 1. The summed E-state index contributed by atoms with van der Waals surface area (Å²) in [6.07, 6.45) is -0.0385. The number of amides is 1. The summed E-state index contributed by atoms with van der Waals surface area (Å²) in [4.78, 5) is 16.3. The number of pyridine rings is 1. The van der Waals surface area contributed by atoms with Crippen molar-refractivity contribution < 1.29 is 19.0 Å². The van der Waals surface area contributed by atoms with Gasteiger partial charge in [-0.25, -0.2) is 14.2 Å². The molecule has 0 aliphatic carbocycles. The number of aromatic nitrogens is 1. The van der Waals surface area contributed by atoms with Crippen LogP contribution in [0.3, 0.4) is 0 Å². The number of aliphatic hydroxyl groups is 1. The summed E-state index contributed by atoms with van der Waals surface area (Å²) in [5.41, 5.74) is 6.08. The molecule has 1 heterocycles. The van der Waals surface area contributed by atoms with Crippen molar-refractivity contribution in [2.45, 2.75) is 45.3 Å². The highest BCUT2D eigenvalue weighted by Crippen LogP contribution is 2.27. The Morgan fingerprint density at radius 2 is 1.97 bits per heavy atom. The fraction of sp³-hybridized carbons (Fsp3) is 0.429. The lowest BCUT2D eigenvalue weighted by molar-refractivity contribution is 0.0527. The lowest BCUT2D eigenvalue weighted by atomic mass is 9.97. The molecule has 1 unspecified atom stereocenters. The van der Waals surface area contributed by atoms with Crippen LogP contribution in [0.25, 0.3) is 11.3 Å². The smallest absolute Gasteiger partial charge is 0.407 e. The number of carbonyl (C=O) groups excluding carboxylic acids is 1. The number of benzene rings is 1. The van der Waals surface area contributed by atoms with E-state index in [1.807, 2.05) is 0 Å². The van der Waals surface area contributed by atoms with E-state index >= 15 is 0 Å². The summed E-state index contributed by atoms with van der Waals surface area (Å²) in [5.74, 6) is -0.526. The zero-order valence-electron chi connectivity index (χ0n) is 17.1. The number of nitrogens with zero attached hydrogens (tertiary/aromatic N) is 1. The van der Waals surface area contributed by atoms with Gasteiger partial charge < -0.3 is 20.9 Å². The van der Waals surface area contributed by atoms with E-state index in [2.05, 4.69) is 10.3 Å². The first-order valence-electron chi connectivity index (χ1n) is 9.27. The third-order valence-electron chi connectivity index (χ3n) is 4.13. The minimum absolute atomic E-state index is 0.0200. The molecule has 0 spiro atoms. The van der Waals surface area contributed by atoms with Gasteiger partial charge >= 0.3 is 6.09 Å². The van der Waals surface area contributed by atoms with E-state index in [1.165, 1.54) is 12.1 Å². The second-order valence-electron chi connectivity index (χ2n) is 8.03. The number of ether oxygens (including phenoxy) is 1. The number of alkyl carbamates (subject to hydrolysis) is 1. The van der Waals surface area contributed by atoms with Crippen molar-refractivity contribution in [2.24, 2.45) is 5.73 Å². The number of rotatable bonds is 6. The number of halogens is 2. The lowest BCUT2D eigenvalue weighted by Crippen LogP contribution is -2.34. The molecular formula is C21H27ClFN3O3. The Bertz CT molecular complexity index is 882. The van der Waals surface area contributed by atoms with E-state index < -0.39 is 23.1 Å². The predicted molar refractivity (Wildman–Crippen MR) is 111 cm³/mol. The molecule has 0 aliphatic rings. The van der Waals surface area contributed by atoms with Gasteiger partial charge in [0.15, 0.2) is 0 Å². The van der Waals surface area contributed by atoms with Gasteiger partial charge in [-0.1, -0.05) is 11.6 Å². The first-order valence-corrected chi connectivity index (χ1v) is 9.65. The Morgan fingerprint density at radius 1 is 1.28 bits per heavy atom. The van der Waals surface area contributed by atoms with Crippen LogP contribution >= 0.6 is 11.6 Å². The standard InChI is InChI=1S/C21H27ClFN3O3/c1-20(2,3)29-19(27)25-8-7-13-9-17(14-5-6-16(23)15(22)11-14)26-18(10-13)21(4,28)12-24/h5-6,9-11,28H,7-8,12,24H2,1-4H3,(H,25,27). The zero-order chi connectivity index (χ0) is 21.8. The molecule has 0 radical (unpaired) electrons. The Hall–Kier alpha value is -2.22. The first-order chi connectivity index (χ1) is 13.4. The highest BCUT2D eigenvalue weighted by atomic mass is 35.5. The summed E-state index contributed by atoms with van der Waals surface area (Å²) in [6.45, 7) is 7.24. The number of carbonyl (C=O) groups is 1. The van der Waals surface area contributed by atoms with Gasteiger partial charge in [-0.15, -0.1) is 0 Å². The van der Waals surface area contributed by atoms with Gasteiger partial charge in [0.2, 0.25) is 0 Å². The van der Waals surface area contributed by atoms with Crippen molar-refractivity contribution in [3.63, 3.8) is 0 Å². The summed E-state index contributed by atoms with van der Waals surface area (Å²) in [6, 6.07) is 7.83. The predicted octanol–water partition coefficient (Wildman–Crippen LogP) is 3.77. The van der Waals surface area contributed by atoms with E-state index in [9.17, 15) is 14.3 Å². The average molecular weight is 424 g/mol. The summed E-state index contributed by atoms with van der Waals surface area (Å²) in [7, 11) is 0. The van der Waals surface area contributed by atoms with Crippen LogP contribution in [0.15, 0.2) is 30.3 Å². The van der Waals surface area contributed by atoms with E-state index in [-0.39, 0.29) is 11.6 Å². The van der Waals surface area contributed by atoms with Gasteiger partial charge in [0.05, 0.1) is 16.4 Å². The largest absolute Gasteiger partial charge is 0.444 e. The first kappa shape index (κ1) is 23.1. The fourth-order valence-electron chi connectivity index (χ4n) is 2.54. The van der Waals surface area contributed by atoms with E-state index in [4.69, 9.17) is 22.1 Å². The van der Waals surface area contributed by atoms with Gasteiger partial charge in [0.25, 0.3) is 0 Å². The summed E-state index contributed by atoms with van der Waals surface area (Å²) in [5, 5.41) is 13.2. The SMILES string of the molecule is CC(C)(C)OC(=O)NCCc1cc(-c2ccc(F)c(Cl)c2)nc(C(C)(O)CN)c1. The topological polar surface area (TPSA) is 97.5 Å². The van der Waals surface area contributed by atoms with Crippen LogP contribution in [0, 0.1) is 5.82 Å². The molecule has 2 aromatic rings.